The van der Waals surface area contributed by atoms with Crippen molar-refractivity contribution >= 4 is 27.7 Å². The second kappa shape index (κ2) is 5.95. The lowest BCUT2D eigenvalue weighted by atomic mass is 10.1. The zero-order valence-electron chi connectivity index (χ0n) is 14.0. The number of aromatic nitrogens is 1. The van der Waals surface area contributed by atoms with E-state index in [1.165, 1.54) is 18.2 Å². The Hall–Kier alpha value is -3.21. The Balaban J connectivity index is 2.09. The quantitative estimate of drug-likeness (QED) is 0.588. The van der Waals surface area contributed by atoms with Crippen LogP contribution in [0.2, 0.25) is 0 Å². The Bertz CT molecular complexity index is 1160. The van der Waals surface area contributed by atoms with Gasteiger partial charge in [-0.25, -0.2) is 8.78 Å². The van der Waals surface area contributed by atoms with Crippen LogP contribution in [0.5, 0.6) is 0 Å². The monoisotopic (exact) mass is 349 g/mol. The molecular weight excluding hydrogens is 334 g/mol. The molecule has 0 aliphatic heterocycles. The first kappa shape index (κ1) is 16.3. The van der Waals surface area contributed by atoms with E-state index < -0.39 is 17.5 Å². The summed E-state index contributed by atoms with van der Waals surface area (Å²) >= 11 is 0. The zero-order chi connectivity index (χ0) is 18.4. The minimum Gasteiger partial charge on any atom is -0.366 e. The van der Waals surface area contributed by atoms with Gasteiger partial charge in [-0.2, -0.15) is 0 Å². The van der Waals surface area contributed by atoms with E-state index in [4.69, 9.17) is 5.73 Å². The topological polar surface area (TPSA) is 48.0 Å². The van der Waals surface area contributed by atoms with Crippen molar-refractivity contribution in [2.45, 2.75) is 13.5 Å². The Morgan fingerprint density at radius 1 is 1.12 bits per heavy atom. The Labute approximate surface area is 148 Å². The summed E-state index contributed by atoms with van der Waals surface area (Å²) in [6.07, 6.45) is 0. The Kier molecular flexibility index (Phi) is 3.72. The molecular formula is C21H15F2N2O. The third kappa shape index (κ3) is 2.44. The summed E-state index contributed by atoms with van der Waals surface area (Å²) in [5.41, 5.74) is 8.24. The van der Waals surface area contributed by atoms with Crippen LogP contribution in [0, 0.1) is 24.6 Å². The van der Waals surface area contributed by atoms with Crippen molar-refractivity contribution in [2.75, 3.05) is 0 Å². The maximum Gasteiger partial charge on any atom is 0.249 e. The first-order valence-electron chi connectivity index (χ1n) is 8.13. The van der Waals surface area contributed by atoms with Crippen LogP contribution in [0.3, 0.4) is 0 Å². The molecule has 1 aromatic heterocycles. The summed E-state index contributed by atoms with van der Waals surface area (Å²) in [5.74, 6) is -1.77. The fraction of sp³-hybridized carbons (Fsp3) is 0.0952. The molecule has 3 aromatic carbocycles. The summed E-state index contributed by atoms with van der Waals surface area (Å²) in [4.78, 5) is 11.9. The predicted molar refractivity (Wildman–Crippen MR) is 97.0 cm³/mol. The van der Waals surface area contributed by atoms with Gasteiger partial charge in [0.1, 0.15) is 11.6 Å². The number of benzene rings is 3. The molecule has 0 aliphatic rings. The number of primary amides is 1. The normalized spacial score (nSPS) is 11.3. The third-order valence-corrected chi connectivity index (χ3v) is 4.58. The number of fused-ring (bicyclic) bond motifs is 3. The van der Waals surface area contributed by atoms with E-state index >= 15 is 0 Å². The van der Waals surface area contributed by atoms with Crippen molar-refractivity contribution < 1.29 is 13.6 Å². The summed E-state index contributed by atoms with van der Waals surface area (Å²) in [5, 5.41) is 1.35. The first-order chi connectivity index (χ1) is 12.5. The van der Waals surface area contributed by atoms with Crippen LogP contribution in [0.4, 0.5) is 8.78 Å². The van der Waals surface area contributed by atoms with Crippen LogP contribution in [-0.2, 0) is 6.54 Å². The number of carbonyl (C=O) groups is 1. The fourth-order valence-electron chi connectivity index (χ4n) is 3.38. The summed E-state index contributed by atoms with van der Waals surface area (Å²) < 4.78 is 30.2. The van der Waals surface area contributed by atoms with Crippen molar-refractivity contribution in [1.29, 1.82) is 0 Å². The highest BCUT2D eigenvalue weighted by Gasteiger charge is 2.18. The number of halogens is 2. The lowest BCUT2D eigenvalue weighted by Gasteiger charge is -2.10. The van der Waals surface area contributed by atoms with Gasteiger partial charge in [0.05, 0.1) is 17.6 Å². The van der Waals surface area contributed by atoms with Crippen molar-refractivity contribution in [2.24, 2.45) is 5.73 Å². The molecule has 129 valence electrons. The zero-order valence-corrected chi connectivity index (χ0v) is 14.0. The molecule has 0 spiro atoms. The molecule has 0 aliphatic carbocycles. The third-order valence-electron chi connectivity index (χ3n) is 4.58. The number of aryl methyl sites for hydroxylation is 1. The van der Waals surface area contributed by atoms with Gasteiger partial charge >= 0.3 is 0 Å². The van der Waals surface area contributed by atoms with Crippen LogP contribution < -0.4 is 5.73 Å². The second-order valence-corrected chi connectivity index (χ2v) is 6.29. The highest BCUT2D eigenvalue weighted by atomic mass is 19.1. The molecule has 0 bridgehead atoms. The van der Waals surface area contributed by atoms with Gasteiger partial charge in [0.2, 0.25) is 5.91 Å². The summed E-state index contributed by atoms with van der Waals surface area (Å²) in [6.45, 7) is 1.91. The highest BCUT2D eigenvalue weighted by molar-refractivity contribution is 6.17. The molecule has 0 saturated heterocycles. The molecule has 0 atom stereocenters. The molecule has 1 radical (unpaired) electrons. The molecule has 26 heavy (non-hydrogen) atoms. The number of rotatable bonds is 3. The lowest BCUT2D eigenvalue weighted by molar-refractivity contribution is 0.100. The van der Waals surface area contributed by atoms with Crippen molar-refractivity contribution in [3.8, 4) is 0 Å². The van der Waals surface area contributed by atoms with E-state index in [1.807, 2.05) is 25.1 Å². The van der Waals surface area contributed by atoms with Gasteiger partial charge in [0.25, 0.3) is 0 Å². The number of hydrogen-bond donors (Lipinski definition) is 1. The Morgan fingerprint density at radius 3 is 2.50 bits per heavy atom. The number of carbonyl (C=O) groups excluding carboxylic acids is 1. The molecule has 2 N–H and O–H groups in total. The van der Waals surface area contributed by atoms with Gasteiger partial charge < -0.3 is 10.3 Å². The van der Waals surface area contributed by atoms with Gasteiger partial charge in [0.15, 0.2) is 0 Å². The number of nitrogens with zero attached hydrogens (tertiary/aromatic N) is 1. The summed E-state index contributed by atoms with van der Waals surface area (Å²) in [7, 11) is 0. The highest BCUT2D eigenvalue weighted by Crippen LogP contribution is 2.33. The van der Waals surface area contributed by atoms with Crippen molar-refractivity contribution in [1.82, 2.24) is 4.57 Å². The molecule has 4 rings (SSSR count). The molecule has 0 saturated carbocycles. The van der Waals surface area contributed by atoms with Gasteiger partial charge in [-0.3, -0.25) is 4.79 Å². The predicted octanol–water partition coefficient (Wildman–Crippen LogP) is 4.33. The molecule has 1 amide bonds. The minimum absolute atomic E-state index is 0.00197. The molecule has 1 heterocycles. The number of hydrogen-bond acceptors (Lipinski definition) is 1. The molecule has 0 unspecified atom stereocenters. The van der Waals surface area contributed by atoms with Crippen molar-refractivity contribution in [3.05, 3.63) is 82.9 Å². The lowest BCUT2D eigenvalue weighted by Crippen LogP contribution is -2.11. The van der Waals surface area contributed by atoms with Crippen molar-refractivity contribution in [3.63, 3.8) is 0 Å². The van der Waals surface area contributed by atoms with E-state index in [0.717, 1.165) is 11.1 Å². The smallest absolute Gasteiger partial charge is 0.249 e. The van der Waals surface area contributed by atoms with E-state index in [2.05, 4.69) is 6.07 Å². The Morgan fingerprint density at radius 2 is 1.81 bits per heavy atom. The molecule has 4 aromatic rings. The van der Waals surface area contributed by atoms with E-state index in [0.29, 0.717) is 21.9 Å². The molecule has 0 fully saturated rings. The van der Waals surface area contributed by atoms with Crippen LogP contribution >= 0.6 is 0 Å². The van der Waals surface area contributed by atoms with E-state index in [-0.39, 0.29) is 12.1 Å². The maximum absolute atomic E-state index is 14.2. The average molecular weight is 349 g/mol. The van der Waals surface area contributed by atoms with E-state index in [9.17, 15) is 13.6 Å². The maximum atomic E-state index is 14.2. The molecule has 5 heteroatoms. The van der Waals surface area contributed by atoms with Gasteiger partial charge in [-0.1, -0.05) is 18.2 Å². The van der Waals surface area contributed by atoms with Crippen LogP contribution in [0.25, 0.3) is 21.8 Å². The molecule has 3 nitrogen and oxygen atoms in total. The number of amides is 1. The average Bonchev–Trinajstić information content (AvgIpc) is 2.91. The van der Waals surface area contributed by atoms with Gasteiger partial charge in [0, 0.05) is 21.9 Å². The van der Waals surface area contributed by atoms with E-state index in [1.54, 1.807) is 16.7 Å². The van der Waals surface area contributed by atoms with Gasteiger partial charge in [-0.15, -0.1) is 0 Å². The first-order valence-corrected chi connectivity index (χ1v) is 8.13. The fourth-order valence-corrected chi connectivity index (χ4v) is 3.38. The van der Waals surface area contributed by atoms with Crippen LogP contribution in [0.15, 0.2) is 48.5 Å². The standard InChI is InChI=1S/C21H15F2N2O/c1-12-8-9-13-19(10-12)25(11-15-16(22)5-3-6-17(15)23)18-7-2-4-14(20(13)18)21(24)26/h2-8,10H,11H2,1H3,(H2,24,26). The van der Waals surface area contributed by atoms with Gasteiger partial charge in [-0.05, 0) is 48.9 Å². The second-order valence-electron chi connectivity index (χ2n) is 6.29. The van der Waals surface area contributed by atoms with Crippen LogP contribution in [0.1, 0.15) is 21.5 Å². The largest absolute Gasteiger partial charge is 0.366 e. The summed E-state index contributed by atoms with van der Waals surface area (Å²) in [6, 6.07) is 15.9. The SMILES string of the molecule is Cc1c[c]c2c3c(C(N)=O)cccc3n(Cc3c(F)cccc3F)c2c1. The minimum atomic E-state index is -0.609. The van der Waals surface area contributed by atoms with Crippen LogP contribution in [-0.4, -0.2) is 10.5 Å². The number of nitrogens with two attached hydrogens (primary N) is 1.